The van der Waals surface area contributed by atoms with E-state index in [0.29, 0.717) is 5.56 Å². The van der Waals surface area contributed by atoms with Crippen LogP contribution >= 0.6 is 0 Å². The highest BCUT2D eigenvalue weighted by atomic mass is 16.7. The van der Waals surface area contributed by atoms with Gasteiger partial charge in [-0.15, -0.1) is 0 Å². The predicted octanol–water partition coefficient (Wildman–Crippen LogP) is -1.62. The Labute approximate surface area is 479 Å². The van der Waals surface area contributed by atoms with E-state index in [1.807, 2.05) is 0 Å². The zero-order valence-corrected chi connectivity index (χ0v) is 45.1. The number of aliphatic hydroxyl groups is 10. The normalized spacial score (nSPS) is 27.8. The minimum Gasteiger partial charge on any atom is -0.508 e. The molecule has 85 heavy (non-hydrogen) atoms. The number of hydrogen-bond donors (Lipinski definition) is 14. The van der Waals surface area contributed by atoms with Crippen LogP contribution in [0.15, 0.2) is 76.0 Å². The van der Waals surface area contributed by atoms with Crippen molar-refractivity contribution >= 4 is 35.1 Å². The summed E-state index contributed by atoms with van der Waals surface area (Å²) in [7, 11) is 5.10. The van der Waals surface area contributed by atoms with Crippen molar-refractivity contribution in [1.29, 1.82) is 0 Å². The van der Waals surface area contributed by atoms with E-state index < -0.39 is 175 Å². The van der Waals surface area contributed by atoms with Gasteiger partial charge < -0.3 is 133 Å². The fourth-order valence-electron chi connectivity index (χ4n) is 9.10. The number of aromatic hydroxyl groups is 4. The average Bonchev–Trinajstić information content (AvgIpc) is 3.64. The Bertz CT molecular complexity index is 3270. The van der Waals surface area contributed by atoms with Gasteiger partial charge in [-0.3, -0.25) is 4.79 Å². The molecule has 0 radical (unpaired) electrons. The molecule has 0 aliphatic carbocycles. The number of methoxy groups -OCH3 is 4. The Morgan fingerprint density at radius 3 is 1.54 bits per heavy atom. The van der Waals surface area contributed by atoms with E-state index in [4.69, 9.17) is 61.3 Å². The van der Waals surface area contributed by atoms with Gasteiger partial charge in [0.1, 0.15) is 96.2 Å². The van der Waals surface area contributed by atoms with Crippen LogP contribution in [0, 0.1) is 0 Å². The van der Waals surface area contributed by atoms with Crippen LogP contribution in [0.3, 0.4) is 0 Å². The van der Waals surface area contributed by atoms with Crippen LogP contribution in [-0.4, -0.2) is 224 Å². The molecule has 0 unspecified atom stereocenters. The van der Waals surface area contributed by atoms with Crippen LogP contribution in [0.5, 0.6) is 63.2 Å². The fourth-order valence-corrected chi connectivity index (χ4v) is 9.10. The van der Waals surface area contributed by atoms with Gasteiger partial charge in [-0.05, 0) is 65.7 Å². The van der Waals surface area contributed by atoms with Crippen LogP contribution in [0.1, 0.15) is 11.1 Å². The summed E-state index contributed by atoms with van der Waals surface area (Å²) in [6.45, 7) is -2.70. The molecule has 3 fully saturated rings. The molecule has 30 nitrogen and oxygen atoms in total. The monoisotopic (exact) mass is 1200 g/mol. The van der Waals surface area contributed by atoms with Crippen LogP contribution in [0.25, 0.3) is 34.4 Å². The SMILES string of the molecule is COc1cc(C=CC(=O)OC[C@H]2O[C@@H](Oc3cc(-c4oc5cc(O)cc(O)c5c(=O)c4O[C@@H]4O[C@H](CO)[C@@H](O)[C@H](O)[C@H]4OC(=O)C=Cc4cc(OC)c(O)c(OC)c4)ccc3O[C@@H]3O[C@H](CO)[C@@H](O)[C@H](O)[C@H]3O)[C@H](O)[C@@H](O)[C@@H]2O)cc(OC)c1O. The van der Waals surface area contributed by atoms with E-state index in [0.717, 1.165) is 42.5 Å². The van der Waals surface area contributed by atoms with Crippen molar-refractivity contribution in [2.75, 3.05) is 48.3 Å². The molecule has 15 atom stereocenters. The molecule has 0 saturated carbocycles. The second-order valence-corrected chi connectivity index (χ2v) is 19.1. The van der Waals surface area contributed by atoms with E-state index in [-0.39, 0.29) is 45.6 Å². The van der Waals surface area contributed by atoms with Crippen molar-refractivity contribution in [3.8, 4) is 74.6 Å². The maximum absolute atomic E-state index is 14.7. The van der Waals surface area contributed by atoms with Gasteiger partial charge in [0, 0.05) is 29.8 Å². The summed E-state index contributed by atoms with van der Waals surface area (Å²) < 4.78 is 72.8. The molecule has 0 bridgehead atoms. The molecule has 8 rings (SSSR count). The van der Waals surface area contributed by atoms with Gasteiger partial charge in [-0.25, -0.2) is 9.59 Å². The largest absolute Gasteiger partial charge is 0.508 e. The zero-order chi connectivity index (χ0) is 61.7. The van der Waals surface area contributed by atoms with Crippen molar-refractivity contribution in [2.24, 2.45) is 0 Å². The first-order valence-electron chi connectivity index (χ1n) is 25.5. The van der Waals surface area contributed by atoms with Crippen LogP contribution in [0.2, 0.25) is 0 Å². The lowest BCUT2D eigenvalue weighted by atomic mass is 9.99. The molecule has 14 N–H and O–H groups in total. The number of carbonyl (C=O) groups excluding carboxylic acids is 2. The van der Waals surface area contributed by atoms with Crippen molar-refractivity contribution in [2.45, 2.75) is 92.1 Å². The van der Waals surface area contributed by atoms with Gasteiger partial charge >= 0.3 is 11.9 Å². The lowest BCUT2D eigenvalue weighted by Crippen LogP contribution is -2.61. The number of ether oxygens (including phenoxy) is 12. The maximum Gasteiger partial charge on any atom is 0.331 e. The Morgan fingerprint density at radius 2 is 1.01 bits per heavy atom. The van der Waals surface area contributed by atoms with Gasteiger partial charge in [-0.2, -0.15) is 0 Å². The smallest absolute Gasteiger partial charge is 0.331 e. The highest BCUT2D eigenvalue weighted by Gasteiger charge is 2.50. The lowest BCUT2D eigenvalue weighted by Gasteiger charge is -2.41. The first-order chi connectivity index (χ1) is 40.5. The van der Waals surface area contributed by atoms with E-state index in [1.54, 1.807) is 0 Å². The first-order valence-corrected chi connectivity index (χ1v) is 25.5. The quantitative estimate of drug-likeness (QED) is 0.0308. The second-order valence-electron chi connectivity index (χ2n) is 19.1. The Kier molecular flexibility index (Phi) is 19.8. The standard InChI is InChI=1S/C55H60O30/c1-73-29-11-21(12-30(74-2)39(29)62)5-9-36(60)77-20-35-43(66)46(69)49(72)54(83-35)80-27-15-23(7-8-26(27)79-53-48(71)45(68)41(64)33(18-56)81-53)50-51(44(67)38-25(59)16-24(58)17-28(38)78-50)85-55-52(47(70)42(65)34(19-57)82-55)84-37(61)10-6-22-13-31(75-3)40(63)32(14-22)76-4/h5-17,33-35,41-43,45-49,52-59,62-66,68-72H,18-20H2,1-4H3/t33-,34-,35-,41-,42-,43-,45+,46+,47+,48-,49-,52-,53-,54-,55+/m1/s1. The molecule has 4 aromatic carbocycles. The number of phenolic OH excluding ortho intramolecular Hbond substituents is 4. The lowest BCUT2D eigenvalue weighted by molar-refractivity contribution is -0.282. The Morgan fingerprint density at radius 1 is 0.529 bits per heavy atom. The molecule has 0 spiro atoms. The van der Waals surface area contributed by atoms with Crippen LogP contribution < -0.4 is 38.6 Å². The summed E-state index contributed by atoms with van der Waals surface area (Å²) in [4.78, 5) is 41.2. The first kappa shape index (κ1) is 62.8. The molecular formula is C55H60O30. The number of esters is 2. The molecule has 5 aromatic rings. The highest BCUT2D eigenvalue weighted by molar-refractivity contribution is 5.89. The summed E-state index contributed by atoms with van der Waals surface area (Å²) in [6, 6.07) is 10.2. The van der Waals surface area contributed by atoms with Crippen molar-refractivity contribution < 1.29 is 142 Å². The van der Waals surface area contributed by atoms with Gasteiger partial charge in [0.25, 0.3) is 0 Å². The molecule has 3 aliphatic rings. The average molecular weight is 1200 g/mol. The van der Waals surface area contributed by atoms with E-state index in [1.165, 1.54) is 64.9 Å². The number of rotatable bonds is 20. The number of carbonyl (C=O) groups is 2. The van der Waals surface area contributed by atoms with E-state index in [9.17, 15) is 85.9 Å². The fraction of sp³-hybridized carbons (Fsp3) is 0.400. The number of phenols is 4. The molecule has 460 valence electrons. The number of fused-ring (bicyclic) bond motifs is 1. The van der Waals surface area contributed by atoms with Crippen molar-refractivity contribution in [1.82, 2.24) is 0 Å². The maximum atomic E-state index is 14.7. The van der Waals surface area contributed by atoms with Gasteiger partial charge in [-0.1, -0.05) is 0 Å². The highest BCUT2D eigenvalue weighted by Crippen LogP contribution is 2.43. The minimum absolute atomic E-state index is 0.0117. The molecule has 30 heteroatoms. The molecule has 4 heterocycles. The number of aliphatic hydroxyl groups excluding tert-OH is 10. The van der Waals surface area contributed by atoms with Gasteiger partial charge in [0.05, 0.1) is 41.7 Å². The van der Waals surface area contributed by atoms with Gasteiger partial charge in [0.15, 0.2) is 46.4 Å². The van der Waals surface area contributed by atoms with E-state index >= 15 is 0 Å². The number of benzene rings is 4. The third-order valence-corrected chi connectivity index (χ3v) is 13.7. The molecule has 3 saturated heterocycles. The topological polar surface area (TPSA) is 458 Å². The summed E-state index contributed by atoms with van der Waals surface area (Å²) in [5.74, 6) is -7.22. The number of hydrogen-bond acceptors (Lipinski definition) is 30. The second kappa shape index (κ2) is 26.8. The molecule has 1 aromatic heterocycles. The zero-order valence-electron chi connectivity index (χ0n) is 45.1. The Hall–Kier alpha value is -8.21. The van der Waals surface area contributed by atoms with Gasteiger partial charge in [0.2, 0.25) is 41.5 Å². The third-order valence-electron chi connectivity index (χ3n) is 13.7. The molecule has 3 aliphatic heterocycles. The molecule has 0 amide bonds. The summed E-state index contributed by atoms with van der Waals surface area (Å²) in [6.07, 6.45) is -25.1. The minimum atomic E-state index is -2.17. The van der Waals surface area contributed by atoms with E-state index in [2.05, 4.69) is 0 Å². The van der Waals surface area contributed by atoms with Crippen molar-refractivity contribution in [3.05, 3.63) is 88.1 Å². The summed E-state index contributed by atoms with van der Waals surface area (Å²) in [5, 5.41) is 150. The van der Waals surface area contributed by atoms with Crippen molar-refractivity contribution in [3.63, 3.8) is 0 Å². The predicted molar refractivity (Wildman–Crippen MR) is 283 cm³/mol. The third kappa shape index (κ3) is 13.4. The van der Waals surface area contributed by atoms with Crippen LogP contribution in [0.4, 0.5) is 0 Å². The molecular weight excluding hydrogens is 1140 g/mol. The Balaban J connectivity index is 1.17. The summed E-state index contributed by atoms with van der Waals surface area (Å²) in [5.41, 5.74) is -1.55. The van der Waals surface area contributed by atoms with Crippen LogP contribution in [-0.2, 0) is 33.3 Å². The summed E-state index contributed by atoms with van der Waals surface area (Å²) >= 11 is 0.